The van der Waals surface area contributed by atoms with E-state index in [0.29, 0.717) is 22.0 Å². The van der Waals surface area contributed by atoms with E-state index in [1.807, 2.05) is 43.3 Å². The van der Waals surface area contributed by atoms with Crippen LogP contribution in [0.2, 0.25) is 5.02 Å². The van der Waals surface area contributed by atoms with Gasteiger partial charge in [-0.05, 0) is 36.8 Å². The molecule has 156 valence electrons. The van der Waals surface area contributed by atoms with Gasteiger partial charge in [-0.25, -0.2) is 4.79 Å². The largest absolute Gasteiger partial charge is 0.465 e. The van der Waals surface area contributed by atoms with Crippen LogP contribution in [0, 0.1) is 6.92 Å². The zero-order valence-electron chi connectivity index (χ0n) is 17.2. The number of hydrogen-bond donors (Lipinski definition) is 1. The lowest BCUT2D eigenvalue weighted by atomic mass is 10.0. The summed E-state index contributed by atoms with van der Waals surface area (Å²) in [4.78, 5) is 26.8. The highest BCUT2D eigenvalue weighted by molar-refractivity contribution is 6.34. The zero-order chi connectivity index (χ0) is 21.8. The summed E-state index contributed by atoms with van der Waals surface area (Å²) in [5, 5.41) is 6.86. The molecule has 1 amide bonds. The third-order valence-electron chi connectivity index (χ3n) is 4.49. The molecule has 2 aromatic carbocycles. The van der Waals surface area contributed by atoms with E-state index in [4.69, 9.17) is 20.9 Å². The van der Waals surface area contributed by atoms with Gasteiger partial charge in [0.1, 0.15) is 5.76 Å². The van der Waals surface area contributed by atoms with E-state index >= 15 is 0 Å². The van der Waals surface area contributed by atoms with Gasteiger partial charge in [0.25, 0.3) is 0 Å². The van der Waals surface area contributed by atoms with Crippen molar-refractivity contribution in [3.8, 4) is 11.1 Å². The molecular weight excluding hydrogens is 406 g/mol. The highest BCUT2D eigenvalue weighted by Crippen LogP contribution is 2.34. The Kier molecular flexibility index (Phi) is 6.42. The molecule has 0 aliphatic rings. The summed E-state index contributed by atoms with van der Waals surface area (Å²) in [6, 6.07) is 12.6. The molecule has 3 rings (SSSR count). The van der Waals surface area contributed by atoms with E-state index in [1.165, 1.54) is 7.11 Å². The van der Waals surface area contributed by atoms with E-state index in [9.17, 15) is 9.59 Å². The number of aromatic nitrogens is 1. The van der Waals surface area contributed by atoms with Crippen molar-refractivity contribution in [2.24, 2.45) is 0 Å². The second kappa shape index (κ2) is 9.00. The SMILES string of the molecule is COC(=O)c1cc(-c2ccc(N(C)C)cc2)c(Cl)cc1NC(=O)Cc1cc(C)no1. The first kappa shape index (κ1) is 21.4. The summed E-state index contributed by atoms with van der Waals surface area (Å²) in [6.45, 7) is 1.77. The number of anilines is 2. The van der Waals surface area contributed by atoms with E-state index in [1.54, 1.807) is 25.1 Å². The summed E-state index contributed by atoms with van der Waals surface area (Å²) in [5.74, 6) is -0.521. The van der Waals surface area contributed by atoms with Crippen LogP contribution in [0.25, 0.3) is 11.1 Å². The smallest absolute Gasteiger partial charge is 0.339 e. The van der Waals surface area contributed by atoms with Crippen LogP contribution in [-0.2, 0) is 16.0 Å². The van der Waals surface area contributed by atoms with Crippen molar-refractivity contribution in [1.82, 2.24) is 5.16 Å². The standard InChI is InChI=1S/C22H22ClN3O4/c1-13-9-16(30-25-13)10-21(27)24-20-12-19(23)17(11-18(20)22(28)29-4)14-5-7-15(8-6-14)26(2)3/h5-9,11-12H,10H2,1-4H3,(H,24,27). The maximum Gasteiger partial charge on any atom is 0.339 e. The van der Waals surface area contributed by atoms with Crippen LogP contribution in [-0.4, -0.2) is 38.2 Å². The Hall–Kier alpha value is -3.32. The molecule has 0 saturated heterocycles. The lowest BCUT2D eigenvalue weighted by Crippen LogP contribution is -2.17. The molecule has 8 heteroatoms. The molecule has 0 fully saturated rings. The maximum absolute atomic E-state index is 12.4. The number of carbonyl (C=O) groups excluding carboxylic acids is 2. The average Bonchev–Trinajstić information content (AvgIpc) is 3.12. The van der Waals surface area contributed by atoms with Gasteiger partial charge in [0.05, 0.1) is 35.5 Å². The molecule has 7 nitrogen and oxygen atoms in total. The first-order chi connectivity index (χ1) is 14.3. The molecular formula is C22H22ClN3O4. The first-order valence-electron chi connectivity index (χ1n) is 9.20. The number of carbonyl (C=O) groups is 2. The Labute approximate surface area is 179 Å². The molecule has 1 heterocycles. The third-order valence-corrected chi connectivity index (χ3v) is 4.81. The van der Waals surface area contributed by atoms with Crippen molar-refractivity contribution in [2.75, 3.05) is 31.4 Å². The van der Waals surface area contributed by atoms with E-state index in [0.717, 1.165) is 11.3 Å². The van der Waals surface area contributed by atoms with Gasteiger partial charge in [0.2, 0.25) is 5.91 Å². The summed E-state index contributed by atoms with van der Waals surface area (Å²) in [5.41, 5.74) is 3.68. The van der Waals surface area contributed by atoms with E-state index in [-0.39, 0.29) is 23.6 Å². The van der Waals surface area contributed by atoms with Crippen molar-refractivity contribution < 1.29 is 18.8 Å². The number of hydrogen-bond acceptors (Lipinski definition) is 6. The number of esters is 1. The lowest BCUT2D eigenvalue weighted by molar-refractivity contribution is -0.115. The number of nitrogens with zero attached hydrogens (tertiary/aromatic N) is 2. The Morgan fingerprint density at radius 2 is 1.87 bits per heavy atom. The van der Waals surface area contributed by atoms with Crippen LogP contribution in [0.4, 0.5) is 11.4 Å². The molecule has 0 bridgehead atoms. The first-order valence-corrected chi connectivity index (χ1v) is 9.58. The molecule has 0 radical (unpaired) electrons. The highest BCUT2D eigenvalue weighted by Gasteiger charge is 2.19. The maximum atomic E-state index is 12.4. The minimum atomic E-state index is -0.580. The minimum Gasteiger partial charge on any atom is -0.465 e. The number of nitrogens with one attached hydrogen (secondary N) is 1. The van der Waals surface area contributed by atoms with Crippen LogP contribution >= 0.6 is 11.6 Å². The molecule has 0 aliphatic carbocycles. The Bertz CT molecular complexity index is 1070. The quantitative estimate of drug-likeness (QED) is 0.589. The minimum absolute atomic E-state index is 0.0210. The van der Waals surface area contributed by atoms with Gasteiger partial charge in [-0.15, -0.1) is 0 Å². The van der Waals surface area contributed by atoms with Crippen molar-refractivity contribution in [1.29, 1.82) is 0 Å². The number of aryl methyl sites for hydroxylation is 1. The van der Waals surface area contributed by atoms with Crippen molar-refractivity contribution >= 4 is 34.9 Å². The van der Waals surface area contributed by atoms with Crippen LogP contribution < -0.4 is 10.2 Å². The molecule has 0 spiro atoms. The van der Waals surface area contributed by atoms with Crippen molar-refractivity contribution in [3.05, 3.63) is 64.5 Å². The molecule has 0 unspecified atom stereocenters. The van der Waals surface area contributed by atoms with Gasteiger partial charge in [0.15, 0.2) is 0 Å². The van der Waals surface area contributed by atoms with Gasteiger partial charge in [0, 0.05) is 31.4 Å². The highest BCUT2D eigenvalue weighted by atomic mass is 35.5. The molecule has 30 heavy (non-hydrogen) atoms. The summed E-state index contributed by atoms with van der Waals surface area (Å²) < 4.78 is 9.96. The molecule has 0 saturated carbocycles. The number of ether oxygens (including phenoxy) is 1. The Morgan fingerprint density at radius 1 is 1.17 bits per heavy atom. The fraction of sp³-hybridized carbons (Fsp3) is 0.227. The van der Waals surface area contributed by atoms with Crippen molar-refractivity contribution in [3.63, 3.8) is 0 Å². The van der Waals surface area contributed by atoms with Gasteiger partial charge in [-0.2, -0.15) is 0 Å². The third kappa shape index (κ3) is 4.80. The summed E-state index contributed by atoms with van der Waals surface area (Å²) in [7, 11) is 5.19. The second-order valence-electron chi connectivity index (χ2n) is 6.97. The normalized spacial score (nSPS) is 10.6. The molecule has 0 atom stereocenters. The fourth-order valence-electron chi connectivity index (χ4n) is 2.97. The predicted molar refractivity (Wildman–Crippen MR) is 116 cm³/mol. The van der Waals surface area contributed by atoms with Crippen LogP contribution in [0.5, 0.6) is 0 Å². The summed E-state index contributed by atoms with van der Waals surface area (Å²) >= 11 is 6.49. The predicted octanol–water partition coefficient (Wildman–Crippen LogP) is 4.34. The number of benzene rings is 2. The number of amides is 1. The van der Waals surface area contributed by atoms with Gasteiger partial charge < -0.3 is 19.5 Å². The van der Waals surface area contributed by atoms with Crippen LogP contribution in [0.15, 0.2) is 47.0 Å². The van der Waals surface area contributed by atoms with E-state index < -0.39 is 5.97 Å². The monoisotopic (exact) mass is 427 g/mol. The van der Waals surface area contributed by atoms with E-state index in [2.05, 4.69) is 10.5 Å². The van der Waals surface area contributed by atoms with Crippen molar-refractivity contribution in [2.45, 2.75) is 13.3 Å². The average molecular weight is 428 g/mol. The Balaban J connectivity index is 1.92. The number of rotatable bonds is 6. The topological polar surface area (TPSA) is 84.7 Å². The van der Waals surface area contributed by atoms with Gasteiger partial charge in [-0.3, -0.25) is 4.79 Å². The van der Waals surface area contributed by atoms with Crippen LogP contribution in [0.3, 0.4) is 0 Å². The van der Waals surface area contributed by atoms with Gasteiger partial charge >= 0.3 is 5.97 Å². The van der Waals surface area contributed by atoms with Crippen LogP contribution in [0.1, 0.15) is 21.8 Å². The molecule has 1 N–H and O–H groups in total. The molecule has 0 aliphatic heterocycles. The number of methoxy groups -OCH3 is 1. The lowest BCUT2D eigenvalue weighted by Gasteiger charge is -2.15. The molecule has 3 aromatic rings. The summed E-state index contributed by atoms with van der Waals surface area (Å²) in [6.07, 6.45) is -0.0210. The van der Waals surface area contributed by atoms with Gasteiger partial charge in [-0.1, -0.05) is 28.9 Å². The second-order valence-corrected chi connectivity index (χ2v) is 7.38. The fourth-order valence-corrected chi connectivity index (χ4v) is 3.24. The zero-order valence-corrected chi connectivity index (χ0v) is 17.9. The number of halogens is 1. The molecule has 1 aromatic heterocycles. The Morgan fingerprint density at radius 3 is 2.43 bits per heavy atom.